The van der Waals surface area contributed by atoms with E-state index in [2.05, 4.69) is 0 Å². The van der Waals surface area contributed by atoms with Gasteiger partial charge in [0, 0.05) is 14.2 Å². The van der Waals surface area contributed by atoms with Crippen molar-refractivity contribution in [1.82, 2.24) is 0 Å². The molecule has 1 aromatic carbocycles. The maximum Gasteiger partial charge on any atom is 0.310 e. The molecule has 7 heteroatoms. The quantitative estimate of drug-likeness (QED) is 0.551. The van der Waals surface area contributed by atoms with Crippen LogP contribution < -0.4 is 9.47 Å². The number of benzene rings is 1. The molecule has 0 bridgehead atoms. The summed E-state index contributed by atoms with van der Waals surface area (Å²) in [7, 11) is 2.88. The Morgan fingerprint density at radius 2 is 1.73 bits per heavy atom. The fourth-order valence-electron chi connectivity index (χ4n) is 1.91. The molecular formula is C15H20O7. The van der Waals surface area contributed by atoms with Crippen molar-refractivity contribution in [3.8, 4) is 11.5 Å². The van der Waals surface area contributed by atoms with Gasteiger partial charge in [-0.3, -0.25) is 9.59 Å². The lowest BCUT2D eigenvalue weighted by atomic mass is 9.95. The molecule has 0 fully saturated rings. The van der Waals surface area contributed by atoms with Crippen LogP contribution in [0.5, 0.6) is 11.5 Å². The molecule has 0 amide bonds. The van der Waals surface area contributed by atoms with Crippen molar-refractivity contribution in [3.05, 3.63) is 23.3 Å². The van der Waals surface area contributed by atoms with E-state index in [1.165, 1.54) is 40.2 Å². The highest BCUT2D eigenvalue weighted by Gasteiger charge is 2.27. The fraction of sp³-hybridized carbons (Fsp3) is 0.467. The van der Waals surface area contributed by atoms with Crippen LogP contribution >= 0.6 is 0 Å². The number of hydrogen-bond acceptors (Lipinski definition) is 6. The van der Waals surface area contributed by atoms with Crippen LogP contribution in [-0.4, -0.2) is 44.7 Å². The maximum atomic E-state index is 11.8. The third-order valence-corrected chi connectivity index (χ3v) is 2.99. The molecule has 0 heterocycles. The summed E-state index contributed by atoms with van der Waals surface area (Å²) in [5.74, 6) is -1.81. The van der Waals surface area contributed by atoms with Gasteiger partial charge in [0.25, 0.3) is 0 Å². The summed E-state index contributed by atoms with van der Waals surface area (Å²) in [4.78, 5) is 23.1. The minimum atomic E-state index is -1.06. The van der Waals surface area contributed by atoms with Crippen molar-refractivity contribution >= 4 is 11.8 Å². The van der Waals surface area contributed by atoms with Gasteiger partial charge in [0.05, 0.1) is 17.0 Å². The second-order valence-corrected chi connectivity index (χ2v) is 4.57. The minimum absolute atomic E-state index is 0.0531. The van der Waals surface area contributed by atoms with E-state index in [4.69, 9.17) is 18.9 Å². The highest BCUT2D eigenvalue weighted by atomic mass is 16.7. The topological polar surface area (TPSA) is 91.3 Å². The van der Waals surface area contributed by atoms with Crippen LogP contribution in [0.3, 0.4) is 0 Å². The number of hydrogen-bond donors (Lipinski definition) is 1. The summed E-state index contributed by atoms with van der Waals surface area (Å²) >= 11 is 0. The molecule has 0 saturated heterocycles. The van der Waals surface area contributed by atoms with Crippen LogP contribution in [0.25, 0.3) is 0 Å². The van der Waals surface area contributed by atoms with Gasteiger partial charge in [0.2, 0.25) is 0 Å². The third kappa shape index (κ3) is 4.19. The molecule has 22 heavy (non-hydrogen) atoms. The SMILES string of the molecule is COCOc1ccc(C(C)=O)c(OCOC)c1C(C)C(=O)O. The summed E-state index contributed by atoms with van der Waals surface area (Å²) < 4.78 is 20.5. The third-order valence-electron chi connectivity index (χ3n) is 2.99. The van der Waals surface area contributed by atoms with E-state index in [1.54, 1.807) is 0 Å². The molecule has 1 unspecified atom stereocenters. The van der Waals surface area contributed by atoms with Crippen molar-refractivity contribution in [2.75, 3.05) is 27.8 Å². The van der Waals surface area contributed by atoms with Crippen molar-refractivity contribution in [2.24, 2.45) is 0 Å². The molecule has 122 valence electrons. The van der Waals surface area contributed by atoms with Crippen molar-refractivity contribution < 1.29 is 33.6 Å². The number of carboxylic acid groups (broad SMARTS) is 1. The summed E-state index contributed by atoms with van der Waals surface area (Å²) in [6.45, 7) is 2.69. The monoisotopic (exact) mass is 312 g/mol. The van der Waals surface area contributed by atoms with Crippen LogP contribution in [0.4, 0.5) is 0 Å². The van der Waals surface area contributed by atoms with Crippen LogP contribution in [-0.2, 0) is 14.3 Å². The lowest BCUT2D eigenvalue weighted by Crippen LogP contribution is -2.15. The van der Waals surface area contributed by atoms with E-state index in [-0.39, 0.29) is 42.0 Å². The molecule has 0 aliphatic carbocycles. The van der Waals surface area contributed by atoms with Gasteiger partial charge < -0.3 is 24.1 Å². The van der Waals surface area contributed by atoms with Crippen molar-refractivity contribution in [2.45, 2.75) is 19.8 Å². The molecular weight excluding hydrogens is 292 g/mol. The number of carbonyl (C=O) groups is 2. The second kappa shape index (κ2) is 8.35. The minimum Gasteiger partial charge on any atom is -0.481 e. The van der Waals surface area contributed by atoms with Gasteiger partial charge in [0.1, 0.15) is 11.5 Å². The molecule has 1 rings (SSSR count). The molecule has 0 aliphatic heterocycles. The molecule has 0 spiro atoms. The second-order valence-electron chi connectivity index (χ2n) is 4.57. The Morgan fingerprint density at radius 3 is 2.23 bits per heavy atom. The average Bonchev–Trinajstić information content (AvgIpc) is 2.49. The normalized spacial score (nSPS) is 11.8. The number of ether oxygens (including phenoxy) is 4. The molecule has 1 aromatic rings. The number of aliphatic carboxylic acids is 1. The number of ketones is 1. The predicted molar refractivity (Wildman–Crippen MR) is 77.5 cm³/mol. The average molecular weight is 312 g/mol. The van der Waals surface area contributed by atoms with Gasteiger partial charge in [-0.1, -0.05) is 0 Å². The first-order chi connectivity index (χ1) is 10.4. The maximum absolute atomic E-state index is 11.8. The number of Topliss-reactive ketones (excluding diaryl/α,β-unsaturated/α-hetero) is 1. The van der Waals surface area contributed by atoms with E-state index >= 15 is 0 Å². The van der Waals surface area contributed by atoms with Gasteiger partial charge >= 0.3 is 5.97 Å². The largest absolute Gasteiger partial charge is 0.481 e. The summed E-state index contributed by atoms with van der Waals surface area (Å²) in [6.07, 6.45) is 0. The Hall–Kier alpha value is -2.12. The molecule has 0 radical (unpaired) electrons. The predicted octanol–water partition coefficient (Wildman–Crippen LogP) is 2.04. The van der Waals surface area contributed by atoms with Gasteiger partial charge in [-0.15, -0.1) is 0 Å². The van der Waals surface area contributed by atoms with Crippen molar-refractivity contribution in [3.63, 3.8) is 0 Å². The van der Waals surface area contributed by atoms with Crippen LogP contribution in [0, 0.1) is 0 Å². The highest BCUT2D eigenvalue weighted by molar-refractivity contribution is 5.98. The van der Waals surface area contributed by atoms with Crippen LogP contribution in [0.1, 0.15) is 35.7 Å². The number of methoxy groups -OCH3 is 2. The number of carboxylic acids is 1. The Labute approximate surface area is 128 Å². The van der Waals surface area contributed by atoms with Crippen LogP contribution in [0.15, 0.2) is 12.1 Å². The van der Waals surface area contributed by atoms with Gasteiger partial charge in [-0.25, -0.2) is 0 Å². The van der Waals surface area contributed by atoms with Crippen LogP contribution in [0.2, 0.25) is 0 Å². The zero-order valence-corrected chi connectivity index (χ0v) is 13.0. The molecule has 0 saturated carbocycles. The van der Waals surface area contributed by atoms with E-state index in [0.29, 0.717) is 0 Å². The number of rotatable bonds is 9. The first-order valence-electron chi connectivity index (χ1n) is 6.58. The smallest absolute Gasteiger partial charge is 0.310 e. The van der Waals surface area contributed by atoms with E-state index in [0.717, 1.165) is 0 Å². The highest BCUT2D eigenvalue weighted by Crippen LogP contribution is 2.38. The van der Waals surface area contributed by atoms with E-state index < -0.39 is 11.9 Å². The zero-order valence-electron chi connectivity index (χ0n) is 13.0. The Balaban J connectivity index is 3.46. The summed E-state index contributed by atoms with van der Waals surface area (Å²) in [5.41, 5.74) is 0.541. The number of carbonyl (C=O) groups excluding carboxylic acids is 1. The summed E-state index contributed by atoms with van der Waals surface area (Å²) in [6, 6.07) is 3.06. The van der Waals surface area contributed by atoms with Crippen molar-refractivity contribution in [1.29, 1.82) is 0 Å². The van der Waals surface area contributed by atoms with E-state index in [1.807, 2.05) is 0 Å². The molecule has 0 aromatic heterocycles. The Bertz CT molecular complexity index is 539. The Morgan fingerprint density at radius 1 is 1.14 bits per heavy atom. The zero-order chi connectivity index (χ0) is 16.7. The molecule has 1 N–H and O–H groups in total. The molecule has 7 nitrogen and oxygen atoms in total. The first-order valence-corrected chi connectivity index (χ1v) is 6.58. The fourth-order valence-corrected chi connectivity index (χ4v) is 1.91. The first kappa shape index (κ1) is 17.9. The standard InChI is InChI=1S/C15H20O7/c1-9(15(17)18)13-12(21-7-19-3)6-5-11(10(2)16)14(13)22-8-20-4/h5-6,9H,7-8H2,1-4H3,(H,17,18). The lowest BCUT2D eigenvalue weighted by molar-refractivity contribution is -0.138. The van der Waals surface area contributed by atoms with Gasteiger partial charge in [0.15, 0.2) is 19.4 Å². The Kier molecular flexibility index (Phi) is 6.81. The molecule has 1 atom stereocenters. The summed E-state index contributed by atoms with van der Waals surface area (Å²) in [5, 5.41) is 9.31. The lowest BCUT2D eigenvalue weighted by Gasteiger charge is -2.20. The van der Waals surface area contributed by atoms with E-state index in [9.17, 15) is 14.7 Å². The van der Waals surface area contributed by atoms with Gasteiger partial charge in [-0.2, -0.15) is 0 Å². The molecule has 0 aliphatic rings. The van der Waals surface area contributed by atoms with Gasteiger partial charge in [-0.05, 0) is 26.0 Å².